The molecule has 0 atom stereocenters. The number of allylic oxidation sites excluding steroid dienone is 1. The van der Waals surface area contributed by atoms with Crippen molar-refractivity contribution in [1.29, 1.82) is 0 Å². The monoisotopic (exact) mass is 268 g/mol. The van der Waals surface area contributed by atoms with Gasteiger partial charge in [-0.15, -0.1) is 0 Å². The van der Waals surface area contributed by atoms with Crippen molar-refractivity contribution in [2.45, 2.75) is 12.8 Å². The van der Waals surface area contributed by atoms with Gasteiger partial charge in [0.15, 0.2) is 0 Å². The van der Waals surface area contributed by atoms with E-state index < -0.39 is 0 Å². The third kappa shape index (κ3) is 3.02. The Morgan fingerprint density at radius 3 is 2.67 bits per heavy atom. The zero-order chi connectivity index (χ0) is 10.7. The number of aromatic nitrogens is 2. The van der Waals surface area contributed by atoms with Gasteiger partial charge in [0, 0.05) is 23.3 Å². The minimum absolute atomic E-state index is 0.466. The molecule has 1 aromatic heterocycles. The molecule has 2 rings (SSSR count). The Morgan fingerprint density at radius 1 is 1.47 bits per heavy atom. The summed E-state index contributed by atoms with van der Waals surface area (Å²) in [6.45, 7) is 4.64. The molecule has 0 aliphatic heterocycles. The normalized spacial score (nSPS) is 15.0. The Kier molecular flexibility index (Phi) is 3.36. The lowest BCUT2D eigenvalue weighted by atomic mass is 10.2. The molecule has 1 aromatic rings. The van der Waals surface area contributed by atoms with E-state index in [9.17, 15) is 0 Å². The number of hydrogen-bond acceptors (Lipinski definition) is 3. The molecular formula is C11H13BrN2O. The average molecular weight is 269 g/mol. The van der Waals surface area contributed by atoms with Crippen LogP contribution >= 0.6 is 15.9 Å². The fourth-order valence-corrected chi connectivity index (χ4v) is 1.45. The SMILES string of the molecule is C=C(CBr)c1cnc(OCC2CC2)nc1. The summed E-state index contributed by atoms with van der Waals surface area (Å²) >= 11 is 3.34. The number of ether oxygens (including phenoxy) is 1. The summed E-state index contributed by atoms with van der Waals surface area (Å²) in [6, 6.07) is 0.466. The van der Waals surface area contributed by atoms with Gasteiger partial charge in [-0.1, -0.05) is 22.5 Å². The lowest BCUT2D eigenvalue weighted by Crippen LogP contribution is -2.02. The van der Waals surface area contributed by atoms with Gasteiger partial charge in [0.1, 0.15) is 0 Å². The van der Waals surface area contributed by atoms with Gasteiger partial charge in [-0.3, -0.25) is 0 Å². The topological polar surface area (TPSA) is 35.0 Å². The minimum atomic E-state index is 0.466. The fraction of sp³-hybridized carbons (Fsp3) is 0.455. The highest BCUT2D eigenvalue weighted by Crippen LogP contribution is 2.28. The number of nitrogens with zero attached hydrogens (tertiary/aromatic N) is 2. The van der Waals surface area contributed by atoms with E-state index in [0.717, 1.165) is 29.0 Å². The molecule has 4 heteroatoms. The number of halogens is 1. The molecule has 1 aliphatic rings. The van der Waals surface area contributed by atoms with Crippen molar-refractivity contribution in [3.63, 3.8) is 0 Å². The average Bonchev–Trinajstić information content (AvgIpc) is 3.10. The predicted molar refractivity (Wildman–Crippen MR) is 63.1 cm³/mol. The van der Waals surface area contributed by atoms with Crippen LogP contribution in [0.1, 0.15) is 18.4 Å². The van der Waals surface area contributed by atoms with Crippen LogP contribution in [0.15, 0.2) is 19.0 Å². The second-order valence-corrected chi connectivity index (χ2v) is 4.31. The van der Waals surface area contributed by atoms with Crippen molar-refractivity contribution in [3.05, 3.63) is 24.5 Å². The molecule has 80 valence electrons. The molecular weight excluding hydrogens is 256 g/mol. The maximum Gasteiger partial charge on any atom is 0.316 e. The first-order valence-corrected chi connectivity index (χ1v) is 6.10. The molecule has 1 heterocycles. The van der Waals surface area contributed by atoms with Crippen LogP contribution in [0, 0.1) is 5.92 Å². The lowest BCUT2D eigenvalue weighted by molar-refractivity contribution is 0.276. The second-order valence-electron chi connectivity index (χ2n) is 3.75. The predicted octanol–water partition coefficient (Wildman–Crippen LogP) is 2.67. The van der Waals surface area contributed by atoms with Gasteiger partial charge in [-0.25, -0.2) is 9.97 Å². The van der Waals surface area contributed by atoms with Gasteiger partial charge in [0.05, 0.1) is 6.61 Å². The molecule has 0 bridgehead atoms. The van der Waals surface area contributed by atoms with Gasteiger partial charge < -0.3 is 4.74 Å². The van der Waals surface area contributed by atoms with Crippen LogP contribution in [0.3, 0.4) is 0 Å². The zero-order valence-electron chi connectivity index (χ0n) is 8.45. The summed E-state index contributed by atoms with van der Waals surface area (Å²) in [6.07, 6.45) is 6.05. The minimum Gasteiger partial charge on any atom is -0.463 e. The highest BCUT2D eigenvalue weighted by Gasteiger charge is 2.22. The van der Waals surface area contributed by atoms with Gasteiger partial charge in [0.25, 0.3) is 0 Å². The third-order valence-electron chi connectivity index (χ3n) is 2.34. The van der Waals surface area contributed by atoms with Crippen molar-refractivity contribution in [3.8, 4) is 6.01 Å². The molecule has 1 saturated carbocycles. The molecule has 0 saturated heterocycles. The Bertz CT molecular complexity index is 346. The zero-order valence-corrected chi connectivity index (χ0v) is 10.0. The Balaban J connectivity index is 1.93. The highest BCUT2D eigenvalue weighted by molar-refractivity contribution is 9.09. The Morgan fingerprint density at radius 2 is 2.13 bits per heavy atom. The molecule has 0 radical (unpaired) electrons. The summed E-state index contributed by atoms with van der Waals surface area (Å²) in [5.41, 5.74) is 1.93. The van der Waals surface area contributed by atoms with Crippen molar-refractivity contribution in [2.24, 2.45) is 5.92 Å². The molecule has 0 amide bonds. The lowest BCUT2D eigenvalue weighted by Gasteiger charge is -2.04. The quantitative estimate of drug-likeness (QED) is 0.771. The summed E-state index contributed by atoms with van der Waals surface area (Å²) < 4.78 is 5.43. The summed E-state index contributed by atoms with van der Waals surface area (Å²) in [4.78, 5) is 8.26. The van der Waals surface area contributed by atoms with Gasteiger partial charge in [-0.05, 0) is 24.3 Å². The van der Waals surface area contributed by atoms with E-state index in [-0.39, 0.29) is 0 Å². The third-order valence-corrected chi connectivity index (χ3v) is 3.02. The first kappa shape index (κ1) is 10.6. The Hall–Kier alpha value is -0.900. The van der Waals surface area contributed by atoms with E-state index >= 15 is 0 Å². The number of alkyl halides is 1. The van der Waals surface area contributed by atoms with Crippen molar-refractivity contribution in [2.75, 3.05) is 11.9 Å². The molecule has 1 fully saturated rings. The fourth-order valence-electron chi connectivity index (χ4n) is 1.13. The molecule has 0 aromatic carbocycles. The van der Waals surface area contributed by atoms with Crippen LogP contribution in [0.2, 0.25) is 0 Å². The first-order chi connectivity index (χ1) is 7.29. The maximum absolute atomic E-state index is 5.43. The number of rotatable bonds is 5. The largest absolute Gasteiger partial charge is 0.463 e. The molecule has 3 nitrogen and oxygen atoms in total. The smallest absolute Gasteiger partial charge is 0.316 e. The van der Waals surface area contributed by atoms with E-state index in [1.807, 2.05) is 0 Å². The van der Waals surface area contributed by atoms with E-state index in [1.165, 1.54) is 12.8 Å². The van der Waals surface area contributed by atoms with Gasteiger partial charge >= 0.3 is 6.01 Å². The van der Waals surface area contributed by atoms with Crippen molar-refractivity contribution < 1.29 is 4.74 Å². The van der Waals surface area contributed by atoms with Crippen LogP contribution in [-0.2, 0) is 0 Å². The van der Waals surface area contributed by atoms with Crippen molar-refractivity contribution in [1.82, 2.24) is 9.97 Å². The van der Waals surface area contributed by atoms with E-state index in [4.69, 9.17) is 4.74 Å². The van der Waals surface area contributed by atoms with E-state index in [2.05, 4.69) is 32.5 Å². The van der Waals surface area contributed by atoms with Crippen LogP contribution in [0.25, 0.3) is 5.57 Å². The van der Waals surface area contributed by atoms with Crippen molar-refractivity contribution >= 4 is 21.5 Å². The molecule has 1 aliphatic carbocycles. The molecule has 0 N–H and O–H groups in total. The highest BCUT2D eigenvalue weighted by atomic mass is 79.9. The van der Waals surface area contributed by atoms with Crippen LogP contribution in [0.4, 0.5) is 0 Å². The molecule has 15 heavy (non-hydrogen) atoms. The van der Waals surface area contributed by atoms with Crippen LogP contribution in [0.5, 0.6) is 6.01 Å². The molecule has 0 spiro atoms. The summed E-state index contributed by atoms with van der Waals surface area (Å²) in [7, 11) is 0. The van der Waals surface area contributed by atoms with Gasteiger partial charge in [-0.2, -0.15) is 0 Å². The second kappa shape index (κ2) is 4.75. The molecule has 0 unspecified atom stereocenters. The van der Waals surface area contributed by atoms with E-state index in [1.54, 1.807) is 12.4 Å². The number of hydrogen-bond donors (Lipinski definition) is 0. The van der Waals surface area contributed by atoms with E-state index in [0.29, 0.717) is 6.01 Å². The maximum atomic E-state index is 5.43. The first-order valence-electron chi connectivity index (χ1n) is 4.98. The van der Waals surface area contributed by atoms with Crippen LogP contribution < -0.4 is 4.74 Å². The summed E-state index contributed by atoms with van der Waals surface area (Å²) in [5, 5.41) is 0.735. The van der Waals surface area contributed by atoms with Crippen LogP contribution in [-0.4, -0.2) is 21.9 Å². The summed E-state index contributed by atoms with van der Waals surface area (Å²) in [5.74, 6) is 0.728. The standard InChI is InChI=1S/C11H13BrN2O/c1-8(4-12)10-5-13-11(14-6-10)15-7-9-2-3-9/h5-6,9H,1-4,7H2. The Labute approximate surface area is 97.7 Å². The van der Waals surface area contributed by atoms with Gasteiger partial charge in [0.2, 0.25) is 0 Å².